The third kappa shape index (κ3) is 3.26. The van der Waals surface area contributed by atoms with E-state index in [1.54, 1.807) is 25.1 Å². The third-order valence-corrected chi connectivity index (χ3v) is 2.49. The van der Waals surface area contributed by atoms with Gasteiger partial charge in [-0.25, -0.2) is 4.98 Å². The molecule has 0 fully saturated rings. The molecule has 0 aliphatic rings. The fraction of sp³-hybridized carbons (Fsp3) is 0.154. The number of benzene rings is 1. The highest BCUT2D eigenvalue weighted by Crippen LogP contribution is 2.24. The molecule has 0 radical (unpaired) electrons. The molecule has 0 aliphatic carbocycles. The SMILES string of the molecule is C[C@@H](O)c1ccc(Oc2cccc([N+](=O)[O-])c2)nc1. The molecule has 0 saturated carbocycles. The summed E-state index contributed by atoms with van der Waals surface area (Å²) in [6.45, 7) is 1.64. The van der Waals surface area contributed by atoms with E-state index in [0.717, 1.165) is 0 Å². The molecule has 1 aromatic carbocycles. The molecule has 2 aromatic rings. The van der Waals surface area contributed by atoms with E-state index in [2.05, 4.69) is 4.98 Å². The molecule has 0 saturated heterocycles. The predicted molar refractivity (Wildman–Crippen MR) is 68.0 cm³/mol. The highest BCUT2D eigenvalue weighted by Gasteiger charge is 2.08. The Kier molecular flexibility index (Phi) is 3.72. The van der Waals surface area contributed by atoms with Gasteiger partial charge in [-0.3, -0.25) is 10.1 Å². The Labute approximate surface area is 109 Å². The van der Waals surface area contributed by atoms with Crippen LogP contribution in [0.2, 0.25) is 0 Å². The van der Waals surface area contributed by atoms with Gasteiger partial charge >= 0.3 is 0 Å². The molecule has 1 heterocycles. The van der Waals surface area contributed by atoms with E-state index in [1.807, 2.05) is 0 Å². The summed E-state index contributed by atoms with van der Waals surface area (Å²) in [5.74, 6) is 0.649. The zero-order chi connectivity index (χ0) is 13.8. The van der Waals surface area contributed by atoms with E-state index in [-0.39, 0.29) is 5.69 Å². The second kappa shape index (κ2) is 5.45. The van der Waals surface area contributed by atoms with Crippen LogP contribution in [0.4, 0.5) is 5.69 Å². The van der Waals surface area contributed by atoms with Crippen LogP contribution in [0.25, 0.3) is 0 Å². The maximum Gasteiger partial charge on any atom is 0.273 e. The number of aromatic nitrogens is 1. The minimum atomic E-state index is -0.598. The normalized spacial score (nSPS) is 11.9. The van der Waals surface area contributed by atoms with Crippen molar-refractivity contribution in [2.45, 2.75) is 13.0 Å². The van der Waals surface area contributed by atoms with Gasteiger partial charge in [0.2, 0.25) is 5.88 Å². The lowest BCUT2D eigenvalue weighted by molar-refractivity contribution is -0.384. The van der Waals surface area contributed by atoms with Crippen LogP contribution in [0.1, 0.15) is 18.6 Å². The number of hydrogen-bond acceptors (Lipinski definition) is 5. The fourth-order valence-corrected chi connectivity index (χ4v) is 1.48. The average molecular weight is 260 g/mol. The van der Waals surface area contributed by atoms with Gasteiger partial charge in [-0.2, -0.15) is 0 Å². The third-order valence-electron chi connectivity index (χ3n) is 2.49. The maximum absolute atomic E-state index is 10.6. The summed E-state index contributed by atoms with van der Waals surface area (Å²) in [7, 11) is 0. The molecule has 6 heteroatoms. The summed E-state index contributed by atoms with van der Waals surface area (Å²) in [6.07, 6.45) is 0.900. The van der Waals surface area contributed by atoms with E-state index < -0.39 is 11.0 Å². The standard InChI is InChI=1S/C13H12N2O4/c1-9(16)10-5-6-13(14-8-10)19-12-4-2-3-11(7-12)15(17)18/h2-9,16H,1H3/t9-/m1/s1. The first-order valence-corrected chi connectivity index (χ1v) is 5.62. The minimum absolute atomic E-state index is 0.0434. The number of ether oxygens (including phenoxy) is 1. The highest BCUT2D eigenvalue weighted by molar-refractivity contribution is 5.39. The maximum atomic E-state index is 10.6. The highest BCUT2D eigenvalue weighted by atomic mass is 16.6. The number of aliphatic hydroxyl groups is 1. The van der Waals surface area contributed by atoms with Crippen molar-refractivity contribution in [1.82, 2.24) is 4.98 Å². The van der Waals surface area contributed by atoms with Gasteiger partial charge in [0.05, 0.1) is 17.1 Å². The van der Waals surface area contributed by atoms with Crippen molar-refractivity contribution in [2.75, 3.05) is 0 Å². The summed E-state index contributed by atoms with van der Waals surface area (Å²) >= 11 is 0. The molecule has 1 N–H and O–H groups in total. The topological polar surface area (TPSA) is 85.5 Å². The van der Waals surface area contributed by atoms with Gasteiger partial charge in [-0.15, -0.1) is 0 Å². The number of hydrogen-bond donors (Lipinski definition) is 1. The van der Waals surface area contributed by atoms with Gasteiger partial charge in [0, 0.05) is 18.3 Å². The van der Waals surface area contributed by atoms with Crippen molar-refractivity contribution in [3.8, 4) is 11.6 Å². The largest absolute Gasteiger partial charge is 0.439 e. The first-order valence-electron chi connectivity index (χ1n) is 5.62. The van der Waals surface area contributed by atoms with Crippen molar-refractivity contribution >= 4 is 5.69 Å². The molecular formula is C13H12N2O4. The van der Waals surface area contributed by atoms with Gasteiger partial charge in [0.1, 0.15) is 5.75 Å². The molecule has 0 amide bonds. The van der Waals surface area contributed by atoms with Crippen LogP contribution in [0, 0.1) is 10.1 Å². The van der Waals surface area contributed by atoms with Crippen LogP contribution < -0.4 is 4.74 Å². The Bertz CT molecular complexity index is 581. The molecular weight excluding hydrogens is 248 g/mol. The van der Waals surface area contributed by atoms with E-state index in [1.165, 1.54) is 24.4 Å². The Morgan fingerprint density at radius 3 is 2.74 bits per heavy atom. The van der Waals surface area contributed by atoms with Crippen LogP contribution in [0.15, 0.2) is 42.6 Å². The van der Waals surface area contributed by atoms with Crippen molar-refractivity contribution in [2.24, 2.45) is 0 Å². The fourth-order valence-electron chi connectivity index (χ4n) is 1.48. The molecule has 6 nitrogen and oxygen atoms in total. The summed E-state index contributed by atoms with van der Waals surface area (Å²) in [4.78, 5) is 14.2. The van der Waals surface area contributed by atoms with Crippen LogP contribution in [0.3, 0.4) is 0 Å². The lowest BCUT2D eigenvalue weighted by atomic mass is 10.2. The second-order valence-corrected chi connectivity index (χ2v) is 3.96. The summed E-state index contributed by atoms with van der Waals surface area (Å²) in [5.41, 5.74) is 0.629. The Morgan fingerprint density at radius 2 is 2.16 bits per heavy atom. The predicted octanol–water partition coefficient (Wildman–Crippen LogP) is 2.84. The summed E-state index contributed by atoms with van der Waals surface area (Å²) < 4.78 is 5.41. The smallest absolute Gasteiger partial charge is 0.273 e. The van der Waals surface area contributed by atoms with Crippen LogP contribution in [-0.4, -0.2) is 15.0 Å². The lowest BCUT2D eigenvalue weighted by Crippen LogP contribution is -1.94. The van der Waals surface area contributed by atoms with E-state index >= 15 is 0 Å². The van der Waals surface area contributed by atoms with Crippen molar-refractivity contribution in [1.29, 1.82) is 0 Å². The van der Waals surface area contributed by atoms with E-state index in [4.69, 9.17) is 4.74 Å². The van der Waals surface area contributed by atoms with Gasteiger partial charge < -0.3 is 9.84 Å². The number of non-ortho nitro benzene ring substituents is 1. The number of nitro benzene ring substituents is 1. The number of nitrogens with zero attached hydrogens (tertiary/aromatic N) is 2. The monoisotopic (exact) mass is 260 g/mol. The molecule has 0 bridgehead atoms. The summed E-state index contributed by atoms with van der Waals surface area (Å²) in [6, 6.07) is 9.14. The van der Waals surface area contributed by atoms with Crippen LogP contribution in [0.5, 0.6) is 11.6 Å². The van der Waals surface area contributed by atoms with E-state index in [0.29, 0.717) is 17.2 Å². The molecule has 0 spiro atoms. The number of nitro groups is 1. The number of aliphatic hydroxyl groups excluding tert-OH is 1. The lowest BCUT2D eigenvalue weighted by Gasteiger charge is -2.07. The van der Waals surface area contributed by atoms with Gasteiger partial charge in [-0.05, 0) is 24.6 Å². The van der Waals surface area contributed by atoms with Gasteiger partial charge in [0.25, 0.3) is 5.69 Å². The quantitative estimate of drug-likeness (QED) is 0.674. The first-order chi connectivity index (χ1) is 9.06. The van der Waals surface area contributed by atoms with Crippen molar-refractivity contribution in [3.63, 3.8) is 0 Å². The first kappa shape index (κ1) is 13.0. The molecule has 98 valence electrons. The molecule has 0 unspecified atom stereocenters. The van der Waals surface area contributed by atoms with Gasteiger partial charge in [0.15, 0.2) is 0 Å². The number of pyridine rings is 1. The van der Waals surface area contributed by atoms with Crippen molar-refractivity contribution in [3.05, 3.63) is 58.3 Å². The zero-order valence-electron chi connectivity index (χ0n) is 10.2. The molecule has 2 rings (SSSR count). The zero-order valence-corrected chi connectivity index (χ0v) is 10.2. The second-order valence-electron chi connectivity index (χ2n) is 3.96. The van der Waals surface area contributed by atoms with Crippen molar-refractivity contribution < 1.29 is 14.8 Å². The van der Waals surface area contributed by atoms with Crippen LogP contribution >= 0.6 is 0 Å². The Balaban J connectivity index is 2.16. The van der Waals surface area contributed by atoms with Gasteiger partial charge in [-0.1, -0.05) is 6.07 Å². The van der Waals surface area contributed by atoms with Crippen LogP contribution in [-0.2, 0) is 0 Å². The Hall–Kier alpha value is -2.47. The average Bonchev–Trinajstić information content (AvgIpc) is 2.39. The number of rotatable bonds is 4. The Morgan fingerprint density at radius 1 is 1.37 bits per heavy atom. The minimum Gasteiger partial charge on any atom is -0.439 e. The molecule has 1 aromatic heterocycles. The molecule has 1 atom stereocenters. The molecule has 19 heavy (non-hydrogen) atoms. The van der Waals surface area contributed by atoms with E-state index in [9.17, 15) is 15.2 Å². The molecule has 0 aliphatic heterocycles. The summed E-state index contributed by atoms with van der Waals surface area (Å²) in [5, 5.41) is 20.0.